The predicted molar refractivity (Wildman–Crippen MR) is 84.8 cm³/mol. The van der Waals surface area contributed by atoms with Crippen LogP contribution in [0.4, 0.5) is 0 Å². The molecule has 0 heterocycles. The van der Waals surface area contributed by atoms with Gasteiger partial charge in [-0.3, -0.25) is 0 Å². The second-order valence-electron chi connectivity index (χ2n) is 4.67. The van der Waals surface area contributed by atoms with E-state index >= 15 is 0 Å². The minimum atomic E-state index is 0.635. The highest BCUT2D eigenvalue weighted by atomic mass is 79.9. The van der Waals surface area contributed by atoms with Gasteiger partial charge in [0.1, 0.15) is 11.5 Å². The molecule has 0 unspecified atom stereocenters. The number of alkyl halides is 1. The fraction of sp³-hybridized carbons (Fsp3) is 0.250. The second-order valence-corrected chi connectivity index (χ2v) is 5.64. The molecule has 0 aromatic heterocycles. The third-order valence-corrected chi connectivity index (χ3v) is 4.07. The molecule has 100 valence electrons. The monoisotopic (exact) mass is 338 g/mol. The highest BCUT2D eigenvalue weighted by Gasteiger charge is 2.11. The van der Waals surface area contributed by atoms with E-state index in [1.54, 1.807) is 0 Å². The molecule has 0 aliphatic rings. The molecule has 1 nitrogen and oxygen atoms in total. The van der Waals surface area contributed by atoms with Gasteiger partial charge in [0.25, 0.3) is 0 Å². The molecule has 2 aromatic carbocycles. The first kappa shape index (κ1) is 14.4. The maximum atomic E-state index is 6.24. The van der Waals surface area contributed by atoms with Crippen LogP contribution in [-0.4, -0.2) is 0 Å². The molecule has 0 N–H and O–H groups in total. The zero-order chi connectivity index (χ0) is 14.0. The average Bonchev–Trinajstić information content (AvgIpc) is 2.37. The van der Waals surface area contributed by atoms with E-state index in [-0.39, 0.29) is 0 Å². The Balaban J connectivity index is 2.47. The van der Waals surface area contributed by atoms with E-state index in [1.807, 2.05) is 24.3 Å². The number of hydrogen-bond donors (Lipinski definition) is 0. The van der Waals surface area contributed by atoms with Crippen LogP contribution in [0.1, 0.15) is 22.3 Å². The summed E-state index contributed by atoms with van der Waals surface area (Å²) in [6, 6.07) is 9.99. The van der Waals surface area contributed by atoms with Crippen molar-refractivity contribution in [2.45, 2.75) is 26.1 Å². The van der Waals surface area contributed by atoms with E-state index in [4.69, 9.17) is 16.3 Å². The first-order valence-corrected chi connectivity index (χ1v) is 7.62. The summed E-state index contributed by atoms with van der Waals surface area (Å²) in [4.78, 5) is 0. The largest absolute Gasteiger partial charge is 0.455 e. The normalized spacial score (nSPS) is 10.6. The summed E-state index contributed by atoms with van der Waals surface area (Å²) < 4.78 is 6.06. The Morgan fingerprint density at radius 2 is 1.89 bits per heavy atom. The summed E-state index contributed by atoms with van der Waals surface area (Å²) >= 11 is 9.71. The Morgan fingerprint density at radius 3 is 2.58 bits per heavy atom. The third kappa shape index (κ3) is 3.13. The minimum Gasteiger partial charge on any atom is -0.455 e. The Kier molecular flexibility index (Phi) is 4.54. The van der Waals surface area contributed by atoms with Crippen molar-refractivity contribution >= 4 is 27.5 Å². The molecule has 3 heteroatoms. The number of halogens is 2. The number of para-hydroxylation sites is 1. The van der Waals surface area contributed by atoms with Crippen molar-refractivity contribution in [1.29, 1.82) is 0 Å². The van der Waals surface area contributed by atoms with Crippen molar-refractivity contribution in [1.82, 2.24) is 0 Å². The summed E-state index contributed by atoms with van der Waals surface area (Å²) in [6.45, 7) is 6.22. The smallest absolute Gasteiger partial charge is 0.150 e. The van der Waals surface area contributed by atoms with E-state index in [1.165, 1.54) is 11.1 Å². The molecule has 0 saturated heterocycles. The molecule has 19 heavy (non-hydrogen) atoms. The zero-order valence-corrected chi connectivity index (χ0v) is 13.6. The summed E-state index contributed by atoms with van der Waals surface area (Å²) in [5.41, 5.74) is 4.60. The Hall–Kier alpha value is -0.990. The Labute approximate surface area is 127 Å². The Morgan fingerprint density at radius 1 is 1.16 bits per heavy atom. The van der Waals surface area contributed by atoms with Crippen molar-refractivity contribution in [2.75, 3.05) is 0 Å². The fourth-order valence-corrected chi connectivity index (χ4v) is 2.66. The van der Waals surface area contributed by atoms with Gasteiger partial charge in [-0.1, -0.05) is 45.7 Å². The standard InChI is InChI=1S/C16H16BrClO/c1-10-7-11(2)12(3)15(8-10)19-16-13(9-17)5-4-6-14(16)18/h4-8H,9H2,1-3H3. The molecule has 0 atom stereocenters. The van der Waals surface area contributed by atoms with Gasteiger partial charge in [-0.2, -0.15) is 0 Å². The maximum Gasteiger partial charge on any atom is 0.150 e. The second kappa shape index (κ2) is 5.98. The van der Waals surface area contributed by atoms with E-state index in [9.17, 15) is 0 Å². The number of rotatable bonds is 3. The van der Waals surface area contributed by atoms with Gasteiger partial charge in [0.15, 0.2) is 0 Å². The van der Waals surface area contributed by atoms with E-state index < -0.39 is 0 Å². The number of aryl methyl sites for hydroxylation is 2. The molecule has 0 spiro atoms. The van der Waals surface area contributed by atoms with Crippen molar-refractivity contribution in [3.8, 4) is 11.5 Å². The topological polar surface area (TPSA) is 9.23 Å². The van der Waals surface area contributed by atoms with Crippen LogP contribution in [-0.2, 0) is 5.33 Å². The fourth-order valence-electron chi connectivity index (χ4n) is 1.99. The van der Waals surface area contributed by atoms with Crippen LogP contribution in [0.2, 0.25) is 5.02 Å². The van der Waals surface area contributed by atoms with Gasteiger partial charge >= 0.3 is 0 Å². The van der Waals surface area contributed by atoms with Crippen LogP contribution in [0.15, 0.2) is 30.3 Å². The van der Waals surface area contributed by atoms with Crippen LogP contribution in [0.3, 0.4) is 0 Å². The summed E-state index contributed by atoms with van der Waals surface area (Å²) in [5, 5.41) is 1.35. The van der Waals surface area contributed by atoms with E-state index in [0.717, 1.165) is 22.6 Å². The molecule has 2 aromatic rings. The molecular weight excluding hydrogens is 324 g/mol. The molecule has 0 aliphatic heterocycles. The summed E-state index contributed by atoms with van der Waals surface area (Å²) in [5.74, 6) is 1.60. The molecule has 0 radical (unpaired) electrons. The molecule has 0 amide bonds. The van der Waals surface area contributed by atoms with Crippen LogP contribution >= 0.6 is 27.5 Å². The molecule has 0 saturated carbocycles. The lowest BCUT2D eigenvalue weighted by atomic mass is 10.1. The SMILES string of the molecule is Cc1cc(C)c(C)c(Oc2c(Cl)cccc2CBr)c1. The third-order valence-electron chi connectivity index (χ3n) is 3.17. The van der Waals surface area contributed by atoms with Gasteiger partial charge in [0, 0.05) is 10.9 Å². The highest BCUT2D eigenvalue weighted by Crippen LogP contribution is 2.36. The number of benzene rings is 2. The minimum absolute atomic E-state index is 0.635. The van der Waals surface area contributed by atoms with Crippen LogP contribution in [0.25, 0.3) is 0 Å². The van der Waals surface area contributed by atoms with E-state index in [0.29, 0.717) is 10.4 Å². The van der Waals surface area contributed by atoms with Crippen molar-refractivity contribution in [3.63, 3.8) is 0 Å². The molecule has 2 rings (SSSR count). The van der Waals surface area contributed by atoms with Gasteiger partial charge in [-0.25, -0.2) is 0 Å². The van der Waals surface area contributed by atoms with Crippen LogP contribution in [0.5, 0.6) is 11.5 Å². The first-order chi connectivity index (χ1) is 9.02. The zero-order valence-electron chi connectivity index (χ0n) is 11.3. The lowest BCUT2D eigenvalue weighted by molar-refractivity contribution is 0.474. The van der Waals surface area contributed by atoms with Gasteiger partial charge in [0.2, 0.25) is 0 Å². The van der Waals surface area contributed by atoms with Crippen molar-refractivity contribution in [2.24, 2.45) is 0 Å². The summed E-state index contributed by atoms with van der Waals surface area (Å²) in [6.07, 6.45) is 0. The highest BCUT2D eigenvalue weighted by molar-refractivity contribution is 9.08. The van der Waals surface area contributed by atoms with Crippen LogP contribution < -0.4 is 4.74 Å². The van der Waals surface area contributed by atoms with Gasteiger partial charge < -0.3 is 4.74 Å². The predicted octanol–water partition coefficient (Wildman–Crippen LogP) is 5.95. The summed E-state index contributed by atoms with van der Waals surface area (Å²) in [7, 11) is 0. The average molecular weight is 340 g/mol. The Bertz CT molecular complexity index is 608. The van der Waals surface area contributed by atoms with E-state index in [2.05, 4.69) is 42.8 Å². The molecule has 0 bridgehead atoms. The molecule has 0 aliphatic carbocycles. The molecule has 0 fully saturated rings. The van der Waals surface area contributed by atoms with Gasteiger partial charge in [-0.15, -0.1) is 0 Å². The number of hydrogen-bond acceptors (Lipinski definition) is 1. The lowest BCUT2D eigenvalue weighted by Gasteiger charge is -2.15. The van der Waals surface area contributed by atoms with Gasteiger partial charge in [0.05, 0.1) is 5.02 Å². The van der Waals surface area contributed by atoms with Crippen molar-refractivity contribution < 1.29 is 4.74 Å². The first-order valence-electron chi connectivity index (χ1n) is 6.12. The van der Waals surface area contributed by atoms with Crippen molar-refractivity contribution in [3.05, 3.63) is 57.6 Å². The molecular formula is C16H16BrClO. The number of ether oxygens (including phenoxy) is 1. The van der Waals surface area contributed by atoms with Gasteiger partial charge in [-0.05, 0) is 49.6 Å². The van der Waals surface area contributed by atoms with Crippen LogP contribution in [0, 0.1) is 20.8 Å². The quantitative estimate of drug-likeness (QED) is 0.628. The maximum absolute atomic E-state index is 6.24. The lowest BCUT2D eigenvalue weighted by Crippen LogP contribution is -1.95.